The highest BCUT2D eigenvalue weighted by atomic mass is 19.1. The zero-order valence-electron chi connectivity index (χ0n) is 8.19. The van der Waals surface area contributed by atoms with Crippen LogP contribution in [0.2, 0.25) is 0 Å². The van der Waals surface area contributed by atoms with E-state index >= 15 is 0 Å². The monoisotopic (exact) mass is 210 g/mol. The molecule has 3 fully saturated rings. The van der Waals surface area contributed by atoms with Crippen LogP contribution in [0.15, 0.2) is 18.2 Å². The first-order valence-electron chi connectivity index (χ1n) is 5.03. The number of halogens is 2. The summed E-state index contributed by atoms with van der Waals surface area (Å²) in [7, 11) is 0. The highest BCUT2D eigenvalue weighted by Gasteiger charge is 2.68. The second-order valence-corrected chi connectivity index (χ2v) is 4.86. The largest absolute Gasteiger partial charge is 0.271 e. The second-order valence-electron chi connectivity index (χ2n) is 4.86. The number of hydrogen-bond acceptors (Lipinski definition) is 2. The molecule has 4 heteroatoms. The summed E-state index contributed by atoms with van der Waals surface area (Å²) >= 11 is 0. The van der Waals surface area contributed by atoms with Crippen LogP contribution in [0.1, 0.15) is 24.8 Å². The van der Waals surface area contributed by atoms with E-state index in [0.717, 1.165) is 25.3 Å². The van der Waals surface area contributed by atoms with Gasteiger partial charge in [-0.25, -0.2) is 8.78 Å². The number of rotatable bonds is 2. The van der Waals surface area contributed by atoms with E-state index in [2.05, 4.69) is 5.43 Å². The average molecular weight is 210 g/mol. The highest BCUT2D eigenvalue weighted by molar-refractivity contribution is 5.42. The molecule has 4 rings (SSSR count). The predicted molar refractivity (Wildman–Crippen MR) is 51.9 cm³/mol. The quantitative estimate of drug-likeness (QED) is 0.574. The molecule has 1 aromatic rings. The van der Waals surface area contributed by atoms with Crippen molar-refractivity contribution in [3.05, 3.63) is 35.4 Å². The molecule has 0 unspecified atom stereocenters. The number of hydrogen-bond donors (Lipinski definition) is 2. The van der Waals surface area contributed by atoms with Crippen molar-refractivity contribution in [2.24, 2.45) is 5.84 Å². The Labute approximate surface area is 86.4 Å². The molecule has 0 heterocycles. The lowest BCUT2D eigenvalue weighted by Gasteiger charge is -2.70. The van der Waals surface area contributed by atoms with Crippen molar-refractivity contribution in [1.29, 1.82) is 0 Å². The molecular weight excluding hydrogens is 198 g/mol. The molecule has 0 aromatic heterocycles. The summed E-state index contributed by atoms with van der Waals surface area (Å²) in [5.41, 5.74) is 3.36. The third-order valence-electron chi connectivity index (χ3n) is 3.84. The molecule has 0 amide bonds. The Hall–Kier alpha value is -1.00. The van der Waals surface area contributed by atoms with Gasteiger partial charge in [-0.3, -0.25) is 11.3 Å². The molecule has 0 saturated heterocycles. The molecule has 15 heavy (non-hydrogen) atoms. The van der Waals surface area contributed by atoms with E-state index in [-0.39, 0.29) is 11.0 Å². The molecule has 0 aliphatic heterocycles. The normalized spacial score (nSPS) is 37.0. The summed E-state index contributed by atoms with van der Waals surface area (Å²) in [6, 6.07) is 3.84. The highest BCUT2D eigenvalue weighted by Crippen LogP contribution is 2.67. The molecule has 0 atom stereocenters. The van der Waals surface area contributed by atoms with Crippen LogP contribution >= 0.6 is 0 Å². The molecule has 3 N–H and O–H groups in total. The van der Waals surface area contributed by atoms with Crippen molar-refractivity contribution in [1.82, 2.24) is 5.43 Å². The molecule has 0 radical (unpaired) electrons. The molecule has 2 nitrogen and oxygen atoms in total. The van der Waals surface area contributed by atoms with Crippen LogP contribution in [0.3, 0.4) is 0 Å². The van der Waals surface area contributed by atoms with Crippen molar-refractivity contribution in [2.45, 2.75) is 30.2 Å². The molecule has 3 aliphatic carbocycles. The van der Waals surface area contributed by atoms with E-state index < -0.39 is 11.6 Å². The standard InChI is InChI=1S/C11H12F2N2/c12-7-1-2-8(9(13)3-7)10-4-11(5-10,6-10)15-14/h1-3,15H,4-6,14H2. The molecule has 80 valence electrons. The molecular formula is C11H12F2N2. The Morgan fingerprint density at radius 1 is 1.20 bits per heavy atom. The first kappa shape index (κ1) is 9.24. The molecule has 1 aromatic carbocycles. The number of hydrazine groups is 1. The minimum Gasteiger partial charge on any atom is -0.271 e. The van der Waals surface area contributed by atoms with E-state index in [1.54, 1.807) is 6.07 Å². The van der Waals surface area contributed by atoms with Gasteiger partial charge in [0.2, 0.25) is 0 Å². The first-order chi connectivity index (χ1) is 7.09. The fraction of sp³-hybridized carbons (Fsp3) is 0.455. The molecule has 2 bridgehead atoms. The van der Waals surface area contributed by atoms with Crippen LogP contribution in [-0.2, 0) is 5.41 Å². The number of benzene rings is 1. The van der Waals surface area contributed by atoms with Crippen molar-refractivity contribution >= 4 is 0 Å². The van der Waals surface area contributed by atoms with Crippen molar-refractivity contribution in [3.63, 3.8) is 0 Å². The van der Waals surface area contributed by atoms with Crippen LogP contribution in [0.5, 0.6) is 0 Å². The summed E-state index contributed by atoms with van der Waals surface area (Å²) in [5, 5.41) is 0. The van der Waals surface area contributed by atoms with Gasteiger partial charge in [-0.2, -0.15) is 0 Å². The minimum atomic E-state index is -0.519. The van der Waals surface area contributed by atoms with Gasteiger partial charge in [0.05, 0.1) is 0 Å². The topological polar surface area (TPSA) is 38.0 Å². The summed E-state index contributed by atoms with van der Waals surface area (Å²) in [5.74, 6) is 4.45. The summed E-state index contributed by atoms with van der Waals surface area (Å²) in [6.07, 6.45) is 2.58. The van der Waals surface area contributed by atoms with E-state index in [1.807, 2.05) is 0 Å². The Bertz CT molecular complexity index is 411. The van der Waals surface area contributed by atoms with Gasteiger partial charge >= 0.3 is 0 Å². The predicted octanol–water partition coefficient (Wildman–Crippen LogP) is 1.60. The Morgan fingerprint density at radius 2 is 1.87 bits per heavy atom. The van der Waals surface area contributed by atoms with Crippen molar-refractivity contribution < 1.29 is 8.78 Å². The lowest BCUT2D eigenvalue weighted by atomic mass is 9.37. The van der Waals surface area contributed by atoms with Gasteiger partial charge in [0.15, 0.2) is 0 Å². The van der Waals surface area contributed by atoms with Crippen molar-refractivity contribution in [2.75, 3.05) is 0 Å². The lowest BCUT2D eigenvalue weighted by molar-refractivity contribution is -0.0901. The van der Waals surface area contributed by atoms with Gasteiger partial charge in [-0.15, -0.1) is 0 Å². The van der Waals surface area contributed by atoms with Crippen LogP contribution in [0, 0.1) is 11.6 Å². The fourth-order valence-corrected chi connectivity index (χ4v) is 3.15. The van der Waals surface area contributed by atoms with Gasteiger partial charge in [0, 0.05) is 17.0 Å². The number of nitrogens with two attached hydrogens (primary N) is 1. The zero-order chi connectivity index (χ0) is 10.7. The summed E-state index contributed by atoms with van der Waals surface area (Å²) in [4.78, 5) is 0. The average Bonchev–Trinajstić information content (AvgIpc) is 2.04. The van der Waals surface area contributed by atoms with Crippen molar-refractivity contribution in [3.8, 4) is 0 Å². The SMILES string of the molecule is NNC12CC(c3ccc(F)cc3F)(C1)C2. The van der Waals surface area contributed by atoms with Gasteiger partial charge in [0.1, 0.15) is 11.6 Å². The summed E-state index contributed by atoms with van der Waals surface area (Å²) in [6.45, 7) is 0. The minimum absolute atomic E-state index is 0.0286. The maximum atomic E-state index is 13.5. The van der Waals surface area contributed by atoms with Crippen LogP contribution in [-0.4, -0.2) is 5.54 Å². The molecule has 0 spiro atoms. The first-order valence-corrected chi connectivity index (χ1v) is 5.03. The molecule has 3 saturated carbocycles. The second kappa shape index (κ2) is 2.57. The van der Waals surface area contributed by atoms with Gasteiger partial charge in [-0.05, 0) is 30.9 Å². The Morgan fingerprint density at radius 3 is 2.40 bits per heavy atom. The lowest BCUT2D eigenvalue weighted by Crippen LogP contribution is -2.77. The summed E-state index contributed by atoms with van der Waals surface area (Å²) < 4.78 is 26.3. The number of nitrogens with one attached hydrogen (secondary N) is 1. The third-order valence-corrected chi connectivity index (χ3v) is 3.84. The van der Waals surface area contributed by atoms with E-state index in [1.165, 1.54) is 6.07 Å². The van der Waals surface area contributed by atoms with Gasteiger partial charge in [-0.1, -0.05) is 6.07 Å². The third kappa shape index (κ3) is 1.03. The maximum Gasteiger partial charge on any atom is 0.129 e. The van der Waals surface area contributed by atoms with Gasteiger partial charge < -0.3 is 0 Å². The molecule has 3 aliphatic rings. The van der Waals surface area contributed by atoms with Crippen LogP contribution in [0.4, 0.5) is 8.78 Å². The Balaban J connectivity index is 1.91. The fourth-order valence-electron chi connectivity index (χ4n) is 3.15. The van der Waals surface area contributed by atoms with E-state index in [9.17, 15) is 8.78 Å². The Kier molecular flexibility index (Phi) is 1.58. The smallest absolute Gasteiger partial charge is 0.129 e. The van der Waals surface area contributed by atoms with Gasteiger partial charge in [0.25, 0.3) is 0 Å². The van der Waals surface area contributed by atoms with E-state index in [4.69, 9.17) is 5.84 Å². The van der Waals surface area contributed by atoms with Crippen LogP contribution in [0.25, 0.3) is 0 Å². The maximum absolute atomic E-state index is 13.5. The van der Waals surface area contributed by atoms with Crippen LogP contribution < -0.4 is 11.3 Å². The zero-order valence-corrected chi connectivity index (χ0v) is 8.19. The van der Waals surface area contributed by atoms with E-state index in [0.29, 0.717) is 5.56 Å².